The second kappa shape index (κ2) is 14.1. The molecule has 8 rings (SSSR count). The van der Waals surface area contributed by atoms with Crippen LogP contribution in [0.4, 0.5) is 49.6 Å². The number of piperazine rings is 2. The van der Waals surface area contributed by atoms with Crippen molar-refractivity contribution in [2.45, 2.75) is 12.4 Å². The van der Waals surface area contributed by atoms with Gasteiger partial charge in [-0.05, 0) is 36.4 Å². The molecule has 0 unspecified atom stereocenters. The topological polar surface area (TPSA) is 117 Å². The van der Waals surface area contributed by atoms with Crippen LogP contribution in [-0.4, -0.2) is 82.7 Å². The number of hydrogen-bond donors (Lipinski definition) is 0. The van der Waals surface area contributed by atoms with Crippen LogP contribution >= 0.6 is 23.2 Å². The molecule has 0 saturated carbocycles. The van der Waals surface area contributed by atoms with Gasteiger partial charge in [0.15, 0.2) is 33.1 Å². The van der Waals surface area contributed by atoms with E-state index in [9.17, 15) is 26.3 Å². The third-order valence-corrected chi connectivity index (χ3v) is 9.13. The van der Waals surface area contributed by atoms with E-state index in [-0.39, 0.29) is 10.3 Å². The molecule has 2 fully saturated rings. The van der Waals surface area contributed by atoms with Gasteiger partial charge in [-0.2, -0.15) is 26.3 Å². The summed E-state index contributed by atoms with van der Waals surface area (Å²) in [7, 11) is 0. The maximum Gasteiger partial charge on any atom is 0.417 e. The highest BCUT2D eigenvalue weighted by atomic mass is 35.5. The molecule has 0 N–H and O–H groups in total. The first-order valence-corrected chi connectivity index (χ1v) is 16.5. The SMILES string of the molecule is FC(F)(F)c1ccc(N2CCN(c3nnc(Cl)c4ccoc34)CC2)nc1.FC(F)(F)c1ccc(N2CCN(c3nnc(Cl)c4occc34)CC2)nc1. The van der Waals surface area contributed by atoms with Gasteiger partial charge in [0.25, 0.3) is 0 Å². The second-order valence-corrected chi connectivity index (χ2v) is 12.4. The van der Waals surface area contributed by atoms with Gasteiger partial charge in [-0.15, -0.1) is 20.4 Å². The minimum Gasteiger partial charge on any atom is -0.461 e. The van der Waals surface area contributed by atoms with Crippen molar-refractivity contribution in [1.29, 1.82) is 0 Å². The molecule has 2 aliphatic heterocycles. The number of rotatable bonds is 4. The number of alkyl halides is 6. The van der Waals surface area contributed by atoms with E-state index in [1.54, 1.807) is 12.1 Å². The largest absolute Gasteiger partial charge is 0.461 e. The van der Waals surface area contributed by atoms with Crippen molar-refractivity contribution in [2.75, 3.05) is 72.0 Å². The fourth-order valence-electron chi connectivity index (χ4n) is 5.89. The summed E-state index contributed by atoms with van der Waals surface area (Å²) in [6, 6.07) is 8.41. The normalized spacial score (nSPS) is 15.7. The molecule has 2 saturated heterocycles. The number of furan rings is 2. The lowest BCUT2D eigenvalue weighted by molar-refractivity contribution is -0.138. The number of hydrogen-bond acceptors (Lipinski definition) is 12. The third kappa shape index (κ3) is 7.30. The predicted molar refractivity (Wildman–Crippen MR) is 181 cm³/mol. The van der Waals surface area contributed by atoms with E-state index < -0.39 is 23.5 Å². The maximum atomic E-state index is 12.6. The summed E-state index contributed by atoms with van der Waals surface area (Å²) in [6.07, 6.45) is -3.98. The number of anilines is 4. The van der Waals surface area contributed by atoms with Crippen molar-refractivity contribution < 1.29 is 35.2 Å². The van der Waals surface area contributed by atoms with E-state index in [2.05, 4.69) is 30.4 Å². The number of aromatic nitrogens is 6. The van der Waals surface area contributed by atoms with Gasteiger partial charge in [-0.1, -0.05) is 23.2 Å². The zero-order valence-corrected chi connectivity index (χ0v) is 28.3. The number of fused-ring (bicyclic) bond motifs is 2. The minimum absolute atomic E-state index is 0.210. The Morgan fingerprint density at radius 3 is 1.44 bits per heavy atom. The molecule has 0 aromatic carbocycles. The average Bonchev–Trinajstić information content (AvgIpc) is 3.84. The molecule has 0 spiro atoms. The third-order valence-electron chi connectivity index (χ3n) is 8.61. The standard InChI is InChI=1S/2C16H13ClF3N5O/c17-14-13-11(3-8-26-13)15(23-22-14)25-6-4-24(5-7-25)12-2-1-10(9-21-12)16(18,19)20;17-14-11-3-8-26-13(11)15(23-22-14)25-6-4-24(5-7-25)12-2-1-10(9-21-12)16(18,19)20/h2*1-3,8-9H,4-7H2. The van der Waals surface area contributed by atoms with Crippen molar-refractivity contribution >= 4 is 68.4 Å². The van der Waals surface area contributed by atoms with E-state index >= 15 is 0 Å². The maximum absolute atomic E-state index is 12.6. The van der Waals surface area contributed by atoms with E-state index in [4.69, 9.17) is 32.0 Å². The first kappa shape index (κ1) is 35.3. The molecule has 8 heterocycles. The number of halogens is 8. The minimum atomic E-state index is -4.38. The molecule has 6 aromatic heterocycles. The van der Waals surface area contributed by atoms with Crippen molar-refractivity contribution in [3.8, 4) is 0 Å². The van der Waals surface area contributed by atoms with Crippen LogP contribution < -0.4 is 19.6 Å². The Hall–Kier alpha value is -5.10. The van der Waals surface area contributed by atoms with Crippen molar-refractivity contribution in [1.82, 2.24) is 30.4 Å². The summed E-state index contributed by atoms with van der Waals surface area (Å²) in [5, 5.41) is 18.1. The molecule has 0 amide bonds. The highest BCUT2D eigenvalue weighted by molar-refractivity contribution is 6.34. The quantitative estimate of drug-likeness (QED) is 0.169. The molecule has 2 aliphatic rings. The highest BCUT2D eigenvalue weighted by Crippen LogP contribution is 2.33. The molecular formula is C32H26Cl2F6N10O2. The Bertz CT molecular complexity index is 1990. The Balaban J connectivity index is 0.000000162. The highest BCUT2D eigenvalue weighted by Gasteiger charge is 2.32. The van der Waals surface area contributed by atoms with Crippen molar-refractivity contribution in [2.24, 2.45) is 0 Å². The monoisotopic (exact) mass is 766 g/mol. The average molecular weight is 768 g/mol. The molecule has 12 nitrogen and oxygen atoms in total. The molecule has 52 heavy (non-hydrogen) atoms. The van der Waals surface area contributed by atoms with Crippen molar-refractivity contribution in [3.63, 3.8) is 0 Å². The van der Waals surface area contributed by atoms with Gasteiger partial charge in [0.1, 0.15) is 11.6 Å². The fraction of sp³-hybridized carbons (Fsp3) is 0.312. The summed E-state index contributed by atoms with van der Waals surface area (Å²) in [4.78, 5) is 15.8. The molecule has 0 radical (unpaired) electrons. The Kier molecular flexibility index (Phi) is 9.60. The molecule has 6 aromatic rings. The van der Waals surface area contributed by atoms with Gasteiger partial charge in [-0.3, -0.25) is 0 Å². The molecule has 20 heteroatoms. The van der Waals surface area contributed by atoms with Gasteiger partial charge >= 0.3 is 12.4 Å². The lowest BCUT2D eigenvalue weighted by Crippen LogP contribution is -2.47. The van der Waals surface area contributed by atoms with Crippen LogP contribution in [0.25, 0.3) is 21.9 Å². The Morgan fingerprint density at radius 2 is 0.942 bits per heavy atom. The van der Waals surface area contributed by atoms with Gasteiger partial charge < -0.3 is 28.4 Å². The lowest BCUT2D eigenvalue weighted by Gasteiger charge is -2.36. The van der Waals surface area contributed by atoms with Gasteiger partial charge in [0.05, 0.1) is 34.4 Å². The summed E-state index contributed by atoms with van der Waals surface area (Å²) >= 11 is 12.0. The van der Waals surface area contributed by atoms with E-state index in [0.29, 0.717) is 92.2 Å². The molecule has 0 bridgehead atoms. The summed E-state index contributed by atoms with van der Waals surface area (Å²) in [5.41, 5.74) is -0.440. The molecule has 0 atom stereocenters. The molecule has 0 aliphatic carbocycles. The van der Waals surface area contributed by atoms with Crippen LogP contribution in [0.2, 0.25) is 10.3 Å². The fourth-order valence-corrected chi connectivity index (χ4v) is 6.26. The van der Waals surface area contributed by atoms with Crippen LogP contribution in [0.3, 0.4) is 0 Å². The van der Waals surface area contributed by atoms with Crippen LogP contribution in [-0.2, 0) is 12.4 Å². The van der Waals surface area contributed by atoms with Crippen LogP contribution in [0, 0.1) is 0 Å². The first-order chi connectivity index (χ1) is 24.9. The molecule has 272 valence electrons. The predicted octanol–water partition coefficient (Wildman–Crippen LogP) is 7.23. The van der Waals surface area contributed by atoms with Gasteiger partial charge in [0.2, 0.25) is 0 Å². The molecular weight excluding hydrogens is 741 g/mol. The Labute approximate surface area is 300 Å². The Morgan fingerprint density at radius 1 is 0.500 bits per heavy atom. The number of pyridine rings is 2. The van der Waals surface area contributed by atoms with Gasteiger partial charge in [-0.25, -0.2) is 9.97 Å². The van der Waals surface area contributed by atoms with E-state index in [1.165, 1.54) is 24.7 Å². The number of nitrogens with zero attached hydrogens (tertiary/aromatic N) is 10. The summed E-state index contributed by atoms with van der Waals surface area (Å²) < 4.78 is 86.7. The zero-order valence-electron chi connectivity index (χ0n) is 26.7. The van der Waals surface area contributed by atoms with Crippen LogP contribution in [0.15, 0.2) is 70.2 Å². The van der Waals surface area contributed by atoms with E-state index in [0.717, 1.165) is 29.9 Å². The first-order valence-electron chi connectivity index (χ1n) is 15.7. The van der Waals surface area contributed by atoms with Crippen molar-refractivity contribution in [3.05, 3.63) is 82.8 Å². The lowest BCUT2D eigenvalue weighted by atomic mass is 10.2. The summed E-state index contributed by atoms with van der Waals surface area (Å²) in [5.74, 6) is 2.32. The zero-order chi connectivity index (χ0) is 36.6. The van der Waals surface area contributed by atoms with E-state index in [1.807, 2.05) is 19.6 Å². The van der Waals surface area contributed by atoms with Crippen LogP contribution in [0.1, 0.15) is 11.1 Å². The smallest absolute Gasteiger partial charge is 0.417 e. The second-order valence-electron chi connectivity index (χ2n) is 11.7. The van der Waals surface area contributed by atoms with Crippen LogP contribution in [0.5, 0.6) is 0 Å². The summed E-state index contributed by atoms with van der Waals surface area (Å²) in [6.45, 7) is 4.84. The van der Waals surface area contributed by atoms with Gasteiger partial charge in [0, 0.05) is 64.8 Å².